The van der Waals surface area contributed by atoms with Crippen LogP contribution in [0, 0.1) is 17.4 Å². The lowest BCUT2D eigenvalue weighted by Crippen LogP contribution is -2.14. The van der Waals surface area contributed by atoms with Crippen molar-refractivity contribution in [3.05, 3.63) is 75.1 Å². The van der Waals surface area contributed by atoms with Gasteiger partial charge < -0.3 is 10.1 Å². The molecule has 0 fully saturated rings. The van der Waals surface area contributed by atoms with Crippen molar-refractivity contribution in [2.45, 2.75) is 20.6 Å². The number of carbonyl (C=O) groups is 1. The molecule has 0 bridgehead atoms. The number of nitrogens with zero attached hydrogens (tertiary/aromatic N) is 2. The number of amides is 1. The van der Waals surface area contributed by atoms with Gasteiger partial charge in [0.15, 0.2) is 12.4 Å². The highest BCUT2D eigenvalue weighted by molar-refractivity contribution is 14.1. The molecule has 3 rings (SSSR count). The summed E-state index contributed by atoms with van der Waals surface area (Å²) in [7, 11) is 0. The molecule has 25 heavy (non-hydrogen) atoms. The van der Waals surface area contributed by atoms with Crippen molar-refractivity contribution in [3.8, 4) is 5.75 Å². The number of carbonyl (C=O) groups excluding carboxylic acids is 1. The zero-order chi connectivity index (χ0) is 17.8. The van der Waals surface area contributed by atoms with Crippen LogP contribution < -0.4 is 10.1 Å². The smallest absolute Gasteiger partial charge is 0.276 e. The number of ether oxygens (including phenoxy) is 1. The first kappa shape index (κ1) is 17.5. The molecule has 0 aliphatic rings. The van der Waals surface area contributed by atoms with E-state index >= 15 is 0 Å². The summed E-state index contributed by atoms with van der Waals surface area (Å²) in [5.41, 5.74) is 3.36. The van der Waals surface area contributed by atoms with E-state index in [1.807, 2.05) is 50.2 Å². The van der Waals surface area contributed by atoms with E-state index in [9.17, 15) is 4.79 Å². The van der Waals surface area contributed by atoms with Crippen molar-refractivity contribution >= 4 is 34.2 Å². The first-order valence-corrected chi connectivity index (χ1v) is 8.89. The average molecular weight is 447 g/mol. The van der Waals surface area contributed by atoms with Crippen LogP contribution in [0.1, 0.15) is 21.6 Å². The summed E-state index contributed by atoms with van der Waals surface area (Å²) < 4.78 is 8.48. The van der Waals surface area contributed by atoms with Crippen molar-refractivity contribution in [2.75, 3.05) is 5.32 Å². The maximum Gasteiger partial charge on any atom is 0.276 e. The normalized spacial score (nSPS) is 10.5. The molecule has 0 unspecified atom stereocenters. The van der Waals surface area contributed by atoms with E-state index in [1.54, 1.807) is 16.9 Å². The SMILES string of the molecule is Cc1ccc(OCn2ccc(C(=O)Nc3ccc(I)cc3)n2)c(C)c1. The molecule has 1 heterocycles. The van der Waals surface area contributed by atoms with Crippen LogP contribution >= 0.6 is 22.6 Å². The predicted molar refractivity (Wildman–Crippen MR) is 106 cm³/mol. The molecular formula is C19H18IN3O2. The molecule has 6 heteroatoms. The minimum atomic E-state index is -0.244. The van der Waals surface area contributed by atoms with Crippen molar-refractivity contribution in [3.63, 3.8) is 0 Å². The van der Waals surface area contributed by atoms with Gasteiger partial charge in [0.05, 0.1) is 0 Å². The van der Waals surface area contributed by atoms with E-state index in [0.29, 0.717) is 5.69 Å². The van der Waals surface area contributed by atoms with Gasteiger partial charge in [-0.05, 0) is 78.4 Å². The van der Waals surface area contributed by atoms with Crippen LogP contribution in [-0.4, -0.2) is 15.7 Å². The molecule has 0 saturated carbocycles. The van der Waals surface area contributed by atoms with Crippen LogP contribution in [0.3, 0.4) is 0 Å². The standard InChI is InChI=1S/C19H18IN3O2/c1-13-3-8-18(14(2)11-13)25-12-23-10-9-17(22-23)19(24)21-16-6-4-15(20)5-7-16/h3-11H,12H2,1-2H3,(H,21,24). The highest BCUT2D eigenvalue weighted by Crippen LogP contribution is 2.19. The molecule has 1 aromatic heterocycles. The second kappa shape index (κ2) is 7.69. The highest BCUT2D eigenvalue weighted by atomic mass is 127. The van der Waals surface area contributed by atoms with Crippen LogP contribution in [-0.2, 0) is 6.73 Å². The van der Waals surface area contributed by atoms with Gasteiger partial charge in [-0.15, -0.1) is 0 Å². The highest BCUT2D eigenvalue weighted by Gasteiger charge is 2.10. The van der Waals surface area contributed by atoms with E-state index in [4.69, 9.17) is 4.74 Å². The van der Waals surface area contributed by atoms with Gasteiger partial charge in [-0.3, -0.25) is 4.79 Å². The Hall–Kier alpha value is -2.35. The van der Waals surface area contributed by atoms with Gasteiger partial charge in [-0.1, -0.05) is 17.7 Å². The fourth-order valence-electron chi connectivity index (χ4n) is 2.38. The summed E-state index contributed by atoms with van der Waals surface area (Å²) in [5.74, 6) is 0.567. The summed E-state index contributed by atoms with van der Waals surface area (Å²) in [4.78, 5) is 12.2. The van der Waals surface area contributed by atoms with Gasteiger partial charge in [0.1, 0.15) is 5.75 Å². The minimum Gasteiger partial charge on any atom is -0.471 e. The fourth-order valence-corrected chi connectivity index (χ4v) is 2.74. The molecular weight excluding hydrogens is 429 g/mol. The molecule has 3 aromatic rings. The number of nitrogens with one attached hydrogen (secondary N) is 1. The predicted octanol–water partition coefficient (Wildman–Crippen LogP) is 4.39. The number of aryl methyl sites for hydroxylation is 2. The molecule has 1 N–H and O–H groups in total. The van der Waals surface area contributed by atoms with Gasteiger partial charge in [-0.25, -0.2) is 4.68 Å². The summed E-state index contributed by atoms with van der Waals surface area (Å²) >= 11 is 2.22. The van der Waals surface area contributed by atoms with Crippen LogP contribution in [0.15, 0.2) is 54.7 Å². The van der Waals surface area contributed by atoms with Gasteiger partial charge in [0, 0.05) is 15.5 Å². The zero-order valence-electron chi connectivity index (χ0n) is 14.0. The van der Waals surface area contributed by atoms with E-state index in [1.165, 1.54) is 5.56 Å². The second-order valence-corrected chi connectivity index (χ2v) is 6.99. The lowest BCUT2D eigenvalue weighted by molar-refractivity contribution is 0.102. The largest absolute Gasteiger partial charge is 0.471 e. The maximum absolute atomic E-state index is 12.2. The number of benzene rings is 2. The Morgan fingerprint density at radius 1 is 1.16 bits per heavy atom. The molecule has 5 nitrogen and oxygen atoms in total. The van der Waals surface area contributed by atoms with Crippen LogP contribution in [0.5, 0.6) is 5.75 Å². The quantitative estimate of drug-likeness (QED) is 0.591. The molecule has 0 saturated heterocycles. The monoisotopic (exact) mass is 447 g/mol. The molecule has 0 atom stereocenters. The number of halogens is 1. The average Bonchev–Trinajstić information content (AvgIpc) is 3.05. The molecule has 0 aliphatic heterocycles. The van der Waals surface area contributed by atoms with Crippen LogP contribution in [0.25, 0.3) is 0 Å². The molecule has 0 radical (unpaired) electrons. The van der Waals surface area contributed by atoms with Gasteiger partial charge in [0.2, 0.25) is 0 Å². The Morgan fingerprint density at radius 3 is 2.64 bits per heavy atom. The maximum atomic E-state index is 12.2. The number of hydrogen-bond donors (Lipinski definition) is 1. The van der Waals surface area contributed by atoms with E-state index in [-0.39, 0.29) is 12.6 Å². The van der Waals surface area contributed by atoms with Crippen molar-refractivity contribution in [1.82, 2.24) is 9.78 Å². The lowest BCUT2D eigenvalue weighted by Gasteiger charge is -2.09. The molecule has 0 aliphatic carbocycles. The summed E-state index contributed by atoms with van der Waals surface area (Å²) in [5, 5.41) is 7.09. The van der Waals surface area contributed by atoms with Gasteiger partial charge >= 0.3 is 0 Å². The van der Waals surface area contributed by atoms with Crippen LogP contribution in [0.2, 0.25) is 0 Å². The Kier molecular flexibility index (Phi) is 5.37. The molecule has 0 spiro atoms. The van der Waals surface area contributed by atoms with Crippen LogP contribution in [0.4, 0.5) is 5.69 Å². The topological polar surface area (TPSA) is 56.1 Å². The fraction of sp³-hybridized carbons (Fsp3) is 0.158. The Labute approximate surface area is 160 Å². The molecule has 128 valence electrons. The first-order chi connectivity index (χ1) is 12.0. The molecule has 2 aromatic carbocycles. The summed E-state index contributed by atoms with van der Waals surface area (Å²) in [6.07, 6.45) is 1.73. The Bertz CT molecular complexity index is 888. The van der Waals surface area contributed by atoms with Crippen molar-refractivity contribution in [2.24, 2.45) is 0 Å². The van der Waals surface area contributed by atoms with E-state index in [2.05, 4.69) is 39.1 Å². The number of aromatic nitrogens is 2. The van der Waals surface area contributed by atoms with Gasteiger partial charge in [0.25, 0.3) is 5.91 Å². The number of anilines is 1. The summed E-state index contributed by atoms with van der Waals surface area (Å²) in [6, 6.07) is 15.3. The van der Waals surface area contributed by atoms with Gasteiger partial charge in [-0.2, -0.15) is 5.10 Å². The third-order valence-electron chi connectivity index (χ3n) is 3.66. The third-order valence-corrected chi connectivity index (χ3v) is 4.38. The lowest BCUT2D eigenvalue weighted by atomic mass is 10.1. The molecule has 1 amide bonds. The van der Waals surface area contributed by atoms with Crippen molar-refractivity contribution < 1.29 is 9.53 Å². The first-order valence-electron chi connectivity index (χ1n) is 7.82. The number of rotatable bonds is 5. The van der Waals surface area contributed by atoms with E-state index in [0.717, 1.165) is 20.6 Å². The summed E-state index contributed by atoms with van der Waals surface area (Å²) in [6.45, 7) is 4.30. The third kappa shape index (κ3) is 4.60. The zero-order valence-corrected chi connectivity index (χ0v) is 16.1. The minimum absolute atomic E-state index is 0.244. The van der Waals surface area contributed by atoms with E-state index < -0.39 is 0 Å². The van der Waals surface area contributed by atoms with Crippen molar-refractivity contribution in [1.29, 1.82) is 0 Å². The Balaban J connectivity index is 1.61. The second-order valence-electron chi connectivity index (χ2n) is 5.74. The number of hydrogen-bond acceptors (Lipinski definition) is 3. The Morgan fingerprint density at radius 2 is 1.92 bits per heavy atom.